The third kappa shape index (κ3) is 7.06. The summed E-state index contributed by atoms with van der Waals surface area (Å²) in [5, 5.41) is 23.2. The first-order valence-electron chi connectivity index (χ1n) is 10.3. The predicted octanol–water partition coefficient (Wildman–Crippen LogP) is 6.53. The molecule has 0 fully saturated rings. The fourth-order valence-electron chi connectivity index (χ4n) is 2.98. The van der Waals surface area contributed by atoms with Gasteiger partial charge < -0.3 is 14.8 Å². The summed E-state index contributed by atoms with van der Waals surface area (Å²) < 4.78 is 11.7. The number of amides is 1. The minimum absolute atomic E-state index is 0.0102. The highest BCUT2D eigenvalue weighted by Gasteiger charge is 2.14. The van der Waals surface area contributed by atoms with Crippen LogP contribution in [0.1, 0.15) is 18.1 Å². The van der Waals surface area contributed by atoms with Gasteiger partial charge in [-0.2, -0.15) is 5.26 Å². The number of carbonyl (C=O) groups excluding carboxylic acids is 1. The molecule has 3 aromatic rings. The van der Waals surface area contributed by atoms with Crippen molar-refractivity contribution in [2.75, 3.05) is 11.9 Å². The van der Waals surface area contributed by atoms with Gasteiger partial charge in [0.25, 0.3) is 11.6 Å². The molecule has 0 bridgehead atoms. The van der Waals surface area contributed by atoms with E-state index in [1.54, 1.807) is 48.5 Å². The quantitative estimate of drug-likeness (QED) is 0.139. The summed E-state index contributed by atoms with van der Waals surface area (Å²) in [4.78, 5) is 22.9. The van der Waals surface area contributed by atoms with Gasteiger partial charge in [0.2, 0.25) is 0 Å². The predicted molar refractivity (Wildman–Crippen MR) is 136 cm³/mol. The van der Waals surface area contributed by atoms with Crippen LogP contribution in [0.5, 0.6) is 11.5 Å². The Kier molecular flexibility index (Phi) is 8.84. The van der Waals surface area contributed by atoms with Crippen LogP contribution in [0, 0.1) is 21.4 Å². The van der Waals surface area contributed by atoms with Crippen molar-refractivity contribution in [1.82, 2.24) is 0 Å². The summed E-state index contributed by atoms with van der Waals surface area (Å²) in [5.74, 6) is 0.471. The van der Waals surface area contributed by atoms with E-state index in [1.807, 2.05) is 13.0 Å². The Morgan fingerprint density at radius 3 is 2.43 bits per heavy atom. The highest BCUT2D eigenvalue weighted by Crippen LogP contribution is 2.36. The van der Waals surface area contributed by atoms with Crippen LogP contribution in [-0.4, -0.2) is 17.4 Å². The average molecular weight is 557 g/mol. The van der Waals surface area contributed by atoms with Crippen molar-refractivity contribution in [3.8, 4) is 17.6 Å². The molecule has 0 aliphatic heterocycles. The molecule has 0 spiro atoms. The molecular formula is C25H19BrClN3O5. The number of nitriles is 1. The van der Waals surface area contributed by atoms with Gasteiger partial charge in [-0.3, -0.25) is 14.9 Å². The molecule has 10 heteroatoms. The van der Waals surface area contributed by atoms with Crippen LogP contribution < -0.4 is 14.8 Å². The average Bonchev–Trinajstić information content (AvgIpc) is 2.83. The fourth-order valence-corrected chi connectivity index (χ4v) is 3.97. The second-order valence-electron chi connectivity index (χ2n) is 7.11. The van der Waals surface area contributed by atoms with Crippen molar-refractivity contribution in [3.05, 3.63) is 97.0 Å². The molecule has 0 aliphatic rings. The number of hydrogen-bond acceptors (Lipinski definition) is 6. The van der Waals surface area contributed by atoms with Crippen molar-refractivity contribution in [1.29, 1.82) is 5.26 Å². The molecule has 0 heterocycles. The van der Waals surface area contributed by atoms with Gasteiger partial charge in [-0.25, -0.2) is 0 Å². The van der Waals surface area contributed by atoms with Gasteiger partial charge >= 0.3 is 0 Å². The highest BCUT2D eigenvalue weighted by molar-refractivity contribution is 9.10. The number of nitrogens with one attached hydrogen (secondary N) is 1. The Morgan fingerprint density at radius 2 is 1.86 bits per heavy atom. The summed E-state index contributed by atoms with van der Waals surface area (Å²) in [6, 6.07) is 17.9. The molecule has 0 atom stereocenters. The largest absolute Gasteiger partial charge is 0.494 e. The van der Waals surface area contributed by atoms with E-state index >= 15 is 0 Å². The van der Waals surface area contributed by atoms with E-state index in [0.29, 0.717) is 33.8 Å². The number of ether oxygens (including phenoxy) is 2. The number of halogens is 2. The number of nitrogens with zero attached hydrogens (tertiary/aromatic N) is 2. The zero-order valence-corrected chi connectivity index (χ0v) is 20.8. The van der Waals surface area contributed by atoms with Crippen LogP contribution in [0.4, 0.5) is 11.4 Å². The van der Waals surface area contributed by atoms with E-state index in [0.717, 1.165) is 5.56 Å². The summed E-state index contributed by atoms with van der Waals surface area (Å²) >= 11 is 9.78. The number of nitro groups is 1. The fraction of sp³-hybridized carbons (Fsp3) is 0.120. The third-order valence-electron chi connectivity index (χ3n) is 4.65. The van der Waals surface area contributed by atoms with Gasteiger partial charge in [0.15, 0.2) is 5.75 Å². The molecule has 0 saturated heterocycles. The molecule has 0 radical (unpaired) electrons. The molecule has 3 rings (SSSR count). The maximum Gasteiger partial charge on any atom is 0.269 e. The Balaban J connectivity index is 1.71. The number of benzene rings is 3. The number of non-ortho nitro benzene ring substituents is 1. The maximum absolute atomic E-state index is 12.6. The van der Waals surface area contributed by atoms with E-state index in [9.17, 15) is 20.2 Å². The topological polar surface area (TPSA) is 114 Å². The number of rotatable bonds is 9. The summed E-state index contributed by atoms with van der Waals surface area (Å²) in [6.07, 6.45) is 1.42. The molecular weight excluding hydrogens is 538 g/mol. The highest BCUT2D eigenvalue weighted by atomic mass is 79.9. The van der Waals surface area contributed by atoms with Gasteiger partial charge in [-0.1, -0.05) is 11.6 Å². The minimum Gasteiger partial charge on any atom is -0.494 e. The van der Waals surface area contributed by atoms with Crippen molar-refractivity contribution in [2.45, 2.75) is 13.5 Å². The Labute approximate surface area is 215 Å². The summed E-state index contributed by atoms with van der Waals surface area (Å²) in [6.45, 7) is 2.55. The number of anilines is 1. The number of nitro benzene ring substituents is 1. The Bertz CT molecular complexity index is 1280. The van der Waals surface area contributed by atoms with Crippen molar-refractivity contribution in [2.24, 2.45) is 0 Å². The second kappa shape index (κ2) is 12.0. The molecule has 1 amide bonds. The van der Waals surface area contributed by atoms with Gasteiger partial charge in [-0.05, 0) is 88.6 Å². The van der Waals surface area contributed by atoms with Gasteiger partial charge in [0.05, 0.1) is 21.0 Å². The monoisotopic (exact) mass is 555 g/mol. The molecule has 0 unspecified atom stereocenters. The van der Waals surface area contributed by atoms with Crippen LogP contribution in [-0.2, 0) is 11.4 Å². The van der Waals surface area contributed by atoms with Crippen molar-refractivity contribution >= 4 is 50.9 Å². The van der Waals surface area contributed by atoms with E-state index < -0.39 is 10.8 Å². The third-order valence-corrected chi connectivity index (χ3v) is 5.52. The molecule has 0 saturated carbocycles. The molecule has 35 heavy (non-hydrogen) atoms. The molecule has 0 aliphatic carbocycles. The minimum atomic E-state index is -0.567. The van der Waals surface area contributed by atoms with Crippen LogP contribution in [0.25, 0.3) is 6.08 Å². The molecule has 8 nitrogen and oxygen atoms in total. The van der Waals surface area contributed by atoms with E-state index in [-0.39, 0.29) is 22.9 Å². The van der Waals surface area contributed by atoms with E-state index in [2.05, 4.69) is 21.2 Å². The first-order chi connectivity index (χ1) is 16.8. The number of carbonyl (C=O) groups is 1. The first-order valence-corrected chi connectivity index (χ1v) is 11.5. The van der Waals surface area contributed by atoms with Crippen LogP contribution in [0.3, 0.4) is 0 Å². The lowest BCUT2D eigenvalue weighted by Crippen LogP contribution is -2.13. The number of hydrogen-bond donors (Lipinski definition) is 1. The van der Waals surface area contributed by atoms with Crippen LogP contribution in [0.15, 0.2) is 70.7 Å². The zero-order valence-electron chi connectivity index (χ0n) is 18.5. The molecule has 1 N–H and O–H groups in total. The van der Waals surface area contributed by atoms with Gasteiger partial charge in [0.1, 0.15) is 24.0 Å². The standard InChI is InChI=1S/C25H19BrClN3O5/c1-2-34-21-9-5-19(6-10-21)29-25(31)18(14-28)11-17-12-22(26)24(23(27)13-17)35-15-16-3-7-20(8-4-16)30(32)33/h3-13H,2,15H2,1H3,(H,29,31)/b18-11-. The summed E-state index contributed by atoms with van der Waals surface area (Å²) in [5.41, 5.74) is 1.64. The molecule has 0 aromatic heterocycles. The lowest BCUT2D eigenvalue weighted by Gasteiger charge is -2.11. The SMILES string of the molecule is CCOc1ccc(NC(=O)/C(C#N)=C\c2cc(Cl)c(OCc3ccc([N+](=O)[O-])cc3)c(Br)c2)cc1. The van der Waals surface area contributed by atoms with Gasteiger partial charge in [0, 0.05) is 17.8 Å². The smallest absolute Gasteiger partial charge is 0.269 e. The van der Waals surface area contributed by atoms with E-state index in [1.165, 1.54) is 18.2 Å². The van der Waals surface area contributed by atoms with Crippen LogP contribution >= 0.6 is 27.5 Å². The summed E-state index contributed by atoms with van der Waals surface area (Å²) in [7, 11) is 0. The van der Waals surface area contributed by atoms with Gasteiger partial charge in [-0.15, -0.1) is 0 Å². The second-order valence-corrected chi connectivity index (χ2v) is 8.37. The maximum atomic E-state index is 12.6. The van der Waals surface area contributed by atoms with Crippen LogP contribution in [0.2, 0.25) is 5.02 Å². The van der Waals surface area contributed by atoms with Crippen molar-refractivity contribution in [3.63, 3.8) is 0 Å². The van der Waals surface area contributed by atoms with Crippen molar-refractivity contribution < 1.29 is 19.2 Å². The normalized spacial score (nSPS) is 10.9. The lowest BCUT2D eigenvalue weighted by atomic mass is 10.1. The zero-order chi connectivity index (χ0) is 25.4. The van der Waals surface area contributed by atoms with E-state index in [4.69, 9.17) is 21.1 Å². The first kappa shape index (κ1) is 25.7. The Hall–Kier alpha value is -3.87. The molecule has 178 valence electrons. The Morgan fingerprint density at radius 1 is 1.17 bits per heavy atom. The molecule has 3 aromatic carbocycles. The lowest BCUT2D eigenvalue weighted by molar-refractivity contribution is -0.384.